The Balaban J connectivity index is 2.28. The van der Waals surface area contributed by atoms with Crippen molar-refractivity contribution < 1.29 is 0 Å². The Morgan fingerprint density at radius 1 is 0.560 bits per heavy atom. The van der Waals surface area contributed by atoms with Gasteiger partial charge in [0.15, 0.2) is 0 Å². The minimum atomic E-state index is -2.18. The SMILES string of the molecule is Clc1ccc([Si](CC[SeH])(c2ccc(Cl)cc2)c2ccc(Cl)cc2)cc1. The molecule has 0 unspecified atom stereocenters. The first-order valence-corrected chi connectivity index (χ1v) is 12.6. The number of hydrogen-bond donors (Lipinski definition) is 0. The van der Waals surface area contributed by atoms with E-state index in [1.165, 1.54) is 15.6 Å². The summed E-state index contributed by atoms with van der Waals surface area (Å²) < 4.78 is 0. The standard InChI is InChI=1S/C20H17Cl3SeSi/c21-15-1-7-18(8-2-15)25(14-13-24,19-9-3-16(22)4-10-19)20-11-5-17(23)6-12-20/h1-12,24H,13-14H2. The van der Waals surface area contributed by atoms with Crippen LogP contribution in [0.15, 0.2) is 72.8 Å². The first-order valence-electron chi connectivity index (χ1n) is 7.95. The summed E-state index contributed by atoms with van der Waals surface area (Å²) in [5.41, 5.74) is 0. The van der Waals surface area contributed by atoms with Crippen molar-refractivity contribution in [2.75, 3.05) is 0 Å². The molecule has 0 fully saturated rings. The summed E-state index contributed by atoms with van der Waals surface area (Å²) in [7, 11) is -2.18. The molecular formula is C20H17Cl3SeSi. The van der Waals surface area contributed by atoms with Crippen LogP contribution >= 0.6 is 34.8 Å². The number of hydrogen-bond acceptors (Lipinski definition) is 0. The molecule has 3 aromatic carbocycles. The molecule has 0 aliphatic heterocycles. The predicted octanol–water partition coefficient (Wildman–Crippen LogP) is 4.44. The van der Waals surface area contributed by atoms with Gasteiger partial charge in [0, 0.05) is 0 Å². The van der Waals surface area contributed by atoms with Crippen LogP contribution in [0.5, 0.6) is 0 Å². The third-order valence-electron chi connectivity index (χ3n) is 4.50. The maximum absolute atomic E-state index is 6.15. The Kier molecular flexibility index (Phi) is 6.33. The Hall–Kier alpha value is -0.734. The maximum atomic E-state index is 6.15. The third kappa shape index (κ3) is 4.00. The average Bonchev–Trinajstić information content (AvgIpc) is 2.62. The molecule has 3 aromatic rings. The Morgan fingerprint density at radius 2 is 0.840 bits per heavy atom. The molecule has 0 heterocycles. The van der Waals surface area contributed by atoms with Crippen LogP contribution in [0.25, 0.3) is 0 Å². The van der Waals surface area contributed by atoms with E-state index in [9.17, 15) is 0 Å². The fourth-order valence-electron chi connectivity index (χ4n) is 3.30. The monoisotopic (exact) mass is 470 g/mol. The van der Waals surface area contributed by atoms with Gasteiger partial charge in [-0.2, -0.15) is 0 Å². The molecule has 5 heteroatoms. The molecule has 3 rings (SSSR count). The molecular weight excluding hydrogens is 454 g/mol. The average molecular weight is 471 g/mol. The van der Waals surface area contributed by atoms with E-state index in [0.717, 1.165) is 26.4 Å². The van der Waals surface area contributed by atoms with Crippen molar-refractivity contribution in [1.29, 1.82) is 0 Å². The van der Waals surface area contributed by atoms with Gasteiger partial charge in [-0.3, -0.25) is 0 Å². The van der Waals surface area contributed by atoms with Gasteiger partial charge in [0.05, 0.1) is 0 Å². The fraction of sp³-hybridized carbons (Fsp3) is 0.100. The first kappa shape index (κ1) is 19.0. The Morgan fingerprint density at radius 3 is 1.08 bits per heavy atom. The molecule has 0 saturated heterocycles. The zero-order valence-corrected chi connectivity index (χ0v) is 18.6. The molecule has 0 bridgehead atoms. The van der Waals surface area contributed by atoms with Crippen LogP contribution in [0, 0.1) is 0 Å². The van der Waals surface area contributed by atoms with Crippen LogP contribution in [0.3, 0.4) is 0 Å². The molecule has 0 atom stereocenters. The molecule has 0 saturated carbocycles. The van der Waals surface area contributed by atoms with Crippen LogP contribution in [-0.2, 0) is 0 Å². The van der Waals surface area contributed by atoms with Crippen LogP contribution in [0.4, 0.5) is 0 Å². The summed E-state index contributed by atoms with van der Waals surface area (Å²) in [5.74, 6) is 0. The van der Waals surface area contributed by atoms with E-state index in [4.69, 9.17) is 34.8 Å². The van der Waals surface area contributed by atoms with Crippen LogP contribution < -0.4 is 15.6 Å². The van der Waals surface area contributed by atoms with E-state index in [-0.39, 0.29) is 0 Å². The molecule has 0 nitrogen and oxygen atoms in total. The molecule has 0 N–H and O–H groups in total. The topological polar surface area (TPSA) is 0 Å². The summed E-state index contributed by atoms with van der Waals surface area (Å²) in [5, 5.41) is 7.32. The van der Waals surface area contributed by atoms with E-state index in [2.05, 4.69) is 52.4 Å². The van der Waals surface area contributed by atoms with Gasteiger partial charge in [-0.15, -0.1) is 0 Å². The second-order valence-corrected chi connectivity index (χ2v) is 12.2. The normalized spacial score (nSPS) is 11.5. The van der Waals surface area contributed by atoms with Gasteiger partial charge >= 0.3 is 174 Å². The molecule has 0 radical (unpaired) electrons. The summed E-state index contributed by atoms with van der Waals surface area (Å²) in [4.78, 5) is 0. The first-order chi connectivity index (χ1) is 12.1. The molecule has 128 valence electrons. The van der Waals surface area contributed by atoms with E-state index in [1.54, 1.807) is 0 Å². The molecule has 25 heavy (non-hydrogen) atoms. The van der Waals surface area contributed by atoms with Gasteiger partial charge in [-0.1, -0.05) is 0 Å². The zero-order chi connectivity index (χ0) is 17.9. The number of rotatable bonds is 5. The van der Waals surface area contributed by atoms with Gasteiger partial charge in [0.2, 0.25) is 0 Å². The van der Waals surface area contributed by atoms with Crippen molar-refractivity contribution in [3.05, 3.63) is 87.9 Å². The summed E-state index contributed by atoms with van der Waals surface area (Å²) in [6, 6.07) is 26.0. The second kappa shape index (κ2) is 8.31. The quantitative estimate of drug-likeness (QED) is 0.382. The van der Waals surface area contributed by atoms with Crippen LogP contribution in [0.1, 0.15) is 0 Å². The van der Waals surface area contributed by atoms with Crippen molar-refractivity contribution in [2.24, 2.45) is 0 Å². The summed E-state index contributed by atoms with van der Waals surface area (Å²) in [6.45, 7) is 0. The van der Waals surface area contributed by atoms with Crippen molar-refractivity contribution in [1.82, 2.24) is 0 Å². The summed E-state index contributed by atoms with van der Waals surface area (Å²) >= 11 is 21.2. The van der Waals surface area contributed by atoms with Crippen molar-refractivity contribution in [3.63, 3.8) is 0 Å². The number of benzene rings is 3. The van der Waals surface area contributed by atoms with Crippen molar-refractivity contribution in [3.8, 4) is 0 Å². The van der Waals surface area contributed by atoms with Crippen LogP contribution in [0.2, 0.25) is 26.4 Å². The Labute approximate surface area is 173 Å². The van der Waals surface area contributed by atoms with E-state index in [0.29, 0.717) is 0 Å². The zero-order valence-electron chi connectivity index (χ0n) is 13.4. The predicted molar refractivity (Wildman–Crippen MR) is 116 cm³/mol. The molecule has 0 aliphatic carbocycles. The van der Waals surface area contributed by atoms with Gasteiger partial charge in [-0.25, -0.2) is 0 Å². The Bertz CT molecular complexity index is 719. The van der Waals surface area contributed by atoms with E-state index < -0.39 is 8.07 Å². The van der Waals surface area contributed by atoms with Gasteiger partial charge in [0.25, 0.3) is 0 Å². The summed E-state index contributed by atoms with van der Waals surface area (Å²) in [6.07, 6.45) is 0. The van der Waals surface area contributed by atoms with Crippen molar-refractivity contribution >= 4 is 74.4 Å². The second-order valence-electron chi connectivity index (χ2n) is 5.90. The van der Waals surface area contributed by atoms with Crippen molar-refractivity contribution in [2.45, 2.75) is 11.4 Å². The van der Waals surface area contributed by atoms with Gasteiger partial charge < -0.3 is 0 Å². The minimum absolute atomic E-state index is 0.756. The fourth-order valence-corrected chi connectivity index (χ4v) is 10.2. The molecule has 0 spiro atoms. The molecule has 0 aliphatic rings. The van der Waals surface area contributed by atoms with Crippen LogP contribution in [-0.4, -0.2) is 24.1 Å². The molecule has 0 amide bonds. The van der Waals surface area contributed by atoms with Gasteiger partial charge in [-0.05, 0) is 0 Å². The number of halogens is 3. The van der Waals surface area contributed by atoms with E-state index in [1.807, 2.05) is 36.4 Å². The third-order valence-corrected chi connectivity index (χ3v) is 11.6. The van der Waals surface area contributed by atoms with Gasteiger partial charge in [0.1, 0.15) is 0 Å². The van der Waals surface area contributed by atoms with E-state index >= 15 is 0 Å². The molecule has 0 aromatic heterocycles.